The van der Waals surface area contributed by atoms with Crippen LogP contribution in [0.1, 0.15) is 17.3 Å². The minimum absolute atomic E-state index is 0.257. The Bertz CT molecular complexity index is 986. The van der Waals surface area contributed by atoms with Crippen molar-refractivity contribution >= 4 is 35.0 Å². The molecule has 0 saturated carbocycles. The van der Waals surface area contributed by atoms with Crippen LogP contribution in [0.3, 0.4) is 0 Å². The Hall–Kier alpha value is -1.68. The first-order valence-electron chi connectivity index (χ1n) is 9.42. The minimum atomic E-state index is -1.16. The van der Waals surface area contributed by atoms with Gasteiger partial charge < -0.3 is 10.5 Å². The van der Waals surface area contributed by atoms with E-state index in [1.807, 2.05) is 6.07 Å². The molecule has 3 rings (SSSR count). The summed E-state index contributed by atoms with van der Waals surface area (Å²) in [6.07, 6.45) is 1.98. The second-order valence-corrected chi connectivity index (χ2v) is 14.8. The number of nitrogens with two attached hydrogens (primary N) is 1. The quantitative estimate of drug-likeness (QED) is 0.361. The Kier molecular flexibility index (Phi) is 6.82. The monoisotopic (exact) mass is 482 g/mol. The third-order valence-corrected chi connectivity index (χ3v) is 6.87. The van der Waals surface area contributed by atoms with E-state index in [1.54, 1.807) is 10.9 Å². The lowest BCUT2D eigenvalue weighted by molar-refractivity contribution is 0.0812. The third kappa shape index (κ3) is 5.91. The summed E-state index contributed by atoms with van der Waals surface area (Å²) in [5.74, 6) is -1.24. The van der Waals surface area contributed by atoms with E-state index in [1.165, 1.54) is 12.1 Å². The summed E-state index contributed by atoms with van der Waals surface area (Å²) >= 11 is 3.50. The van der Waals surface area contributed by atoms with Gasteiger partial charge in [0.05, 0.1) is 17.9 Å². The zero-order valence-electron chi connectivity index (χ0n) is 16.8. The largest absolute Gasteiger partial charge is 0.359 e. The smallest absolute Gasteiger partial charge is 0.160 e. The highest BCUT2D eigenvalue weighted by atomic mass is 79.9. The van der Waals surface area contributed by atoms with Gasteiger partial charge in [0.2, 0.25) is 0 Å². The van der Waals surface area contributed by atoms with Crippen molar-refractivity contribution in [3.8, 4) is 0 Å². The molecule has 0 bridgehead atoms. The number of aromatic nitrogens is 3. The molecule has 2 heterocycles. The highest BCUT2D eigenvalue weighted by molar-refractivity contribution is 9.10. The summed E-state index contributed by atoms with van der Waals surface area (Å²) < 4.78 is 35.2. The van der Waals surface area contributed by atoms with E-state index in [9.17, 15) is 8.78 Å². The van der Waals surface area contributed by atoms with E-state index >= 15 is 0 Å². The summed E-state index contributed by atoms with van der Waals surface area (Å²) in [5.41, 5.74) is 8.06. The predicted molar refractivity (Wildman–Crippen MR) is 116 cm³/mol. The first-order chi connectivity index (χ1) is 13.6. The van der Waals surface area contributed by atoms with Crippen molar-refractivity contribution in [3.63, 3.8) is 0 Å². The maximum atomic E-state index is 13.5. The molecule has 1 aromatic carbocycles. The number of hydrogen-bond donors (Lipinski definition) is 1. The van der Waals surface area contributed by atoms with Crippen LogP contribution in [-0.4, -0.2) is 29.4 Å². The molecule has 156 valence electrons. The van der Waals surface area contributed by atoms with Gasteiger partial charge in [0, 0.05) is 30.6 Å². The number of fused-ring (bicyclic) bond motifs is 1. The topological polar surface area (TPSA) is 66.0 Å². The van der Waals surface area contributed by atoms with Crippen LogP contribution in [0.2, 0.25) is 25.7 Å². The molecule has 29 heavy (non-hydrogen) atoms. The van der Waals surface area contributed by atoms with Crippen LogP contribution in [0.15, 0.2) is 34.9 Å². The standard InChI is InChI=1S/C20H25BrF2N4OSi/c1-29(2,3)5-4-28-12-27-20-14(11-25-27)9-17(21)19(26-20)18(24)8-13-6-15(22)10-16(23)7-13/h6-7,9-11,18H,4-5,8,12,24H2,1-3H3. The Labute approximate surface area is 178 Å². The molecule has 2 aromatic heterocycles. The second-order valence-electron chi connectivity index (χ2n) is 8.35. The number of pyridine rings is 1. The molecular weight excluding hydrogens is 458 g/mol. The van der Waals surface area contributed by atoms with Gasteiger partial charge in [-0.3, -0.25) is 0 Å². The summed E-state index contributed by atoms with van der Waals surface area (Å²) in [5, 5.41) is 5.22. The maximum Gasteiger partial charge on any atom is 0.160 e. The van der Waals surface area contributed by atoms with Crippen LogP contribution in [-0.2, 0) is 17.9 Å². The van der Waals surface area contributed by atoms with Crippen LogP contribution in [0.5, 0.6) is 0 Å². The molecule has 3 aromatic rings. The molecule has 9 heteroatoms. The zero-order valence-corrected chi connectivity index (χ0v) is 19.3. The highest BCUT2D eigenvalue weighted by Crippen LogP contribution is 2.27. The first-order valence-corrected chi connectivity index (χ1v) is 13.9. The third-order valence-electron chi connectivity index (χ3n) is 4.53. The number of ether oxygens (including phenoxy) is 1. The predicted octanol–water partition coefficient (Wildman–Crippen LogP) is 5.03. The summed E-state index contributed by atoms with van der Waals surface area (Å²) in [6, 6.07) is 5.85. The van der Waals surface area contributed by atoms with Gasteiger partial charge in [-0.15, -0.1) is 0 Å². The summed E-state index contributed by atoms with van der Waals surface area (Å²) in [6.45, 7) is 7.90. The van der Waals surface area contributed by atoms with Gasteiger partial charge in [-0.05, 0) is 52.2 Å². The van der Waals surface area contributed by atoms with E-state index in [0.29, 0.717) is 30.2 Å². The number of benzene rings is 1. The van der Waals surface area contributed by atoms with Crippen LogP contribution < -0.4 is 5.73 Å². The summed E-state index contributed by atoms with van der Waals surface area (Å²) in [4.78, 5) is 4.67. The molecule has 0 aliphatic carbocycles. The molecule has 0 aliphatic heterocycles. The van der Waals surface area contributed by atoms with Crippen LogP contribution in [0.25, 0.3) is 11.0 Å². The van der Waals surface area contributed by atoms with Crippen molar-refractivity contribution in [1.82, 2.24) is 14.8 Å². The fraction of sp³-hybridized carbons (Fsp3) is 0.400. The molecule has 5 nitrogen and oxygen atoms in total. The number of halogens is 3. The van der Waals surface area contributed by atoms with E-state index in [-0.39, 0.29) is 6.42 Å². The van der Waals surface area contributed by atoms with Crippen LogP contribution >= 0.6 is 15.9 Å². The van der Waals surface area contributed by atoms with Crippen molar-refractivity contribution in [2.24, 2.45) is 5.73 Å². The van der Waals surface area contributed by atoms with Crippen LogP contribution in [0.4, 0.5) is 8.78 Å². The van der Waals surface area contributed by atoms with E-state index in [4.69, 9.17) is 10.5 Å². The first kappa shape index (κ1) is 22.0. The normalized spacial score (nSPS) is 13.2. The molecule has 1 atom stereocenters. The number of rotatable bonds is 8. The molecule has 0 radical (unpaired) electrons. The molecule has 1 unspecified atom stereocenters. The van der Waals surface area contributed by atoms with Gasteiger partial charge in [-0.2, -0.15) is 5.10 Å². The summed E-state index contributed by atoms with van der Waals surface area (Å²) in [7, 11) is -1.16. The Morgan fingerprint density at radius 3 is 2.52 bits per heavy atom. The van der Waals surface area contributed by atoms with Gasteiger partial charge in [0.15, 0.2) is 5.65 Å². The fourth-order valence-electron chi connectivity index (χ4n) is 2.96. The van der Waals surface area contributed by atoms with Crippen molar-refractivity contribution in [1.29, 1.82) is 0 Å². The Balaban J connectivity index is 1.78. The lowest BCUT2D eigenvalue weighted by Gasteiger charge is -2.16. The average Bonchev–Trinajstić information content (AvgIpc) is 2.98. The molecule has 0 aliphatic rings. The fourth-order valence-corrected chi connectivity index (χ4v) is 4.34. The van der Waals surface area contributed by atoms with Gasteiger partial charge in [0.1, 0.15) is 18.4 Å². The van der Waals surface area contributed by atoms with Gasteiger partial charge >= 0.3 is 0 Å². The molecule has 0 fully saturated rings. The Morgan fingerprint density at radius 1 is 1.17 bits per heavy atom. The average molecular weight is 483 g/mol. The number of hydrogen-bond acceptors (Lipinski definition) is 4. The van der Waals surface area contributed by atoms with E-state index in [2.05, 4.69) is 45.7 Å². The number of nitrogens with zero attached hydrogens (tertiary/aromatic N) is 3. The van der Waals surface area contributed by atoms with Crippen LogP contribution in [0, 0.1) is 11.6 Å². The lowest BCUT2D eigenvalue weighted by Crippen LogP contribution is -2.22. The zero-order chi connectivity index (χ0) is 21.2. The SMILES string of the molecule is C[Si](C)(C)CCOCn1ncc2cc(Br)c(C(N)Cc3cc(F)cc(F)c3)nc21. The highest BCUT2D eigenvalue weighted by Gasteiger charge is 2.17. The van der Waals surface area contributed by atoms with Gasteiger partial charge in [0.25, 0.3) is 0 Å². The van der Waals surface area contributed by atoms with E-state index in [0.717, 1.165) is 22.0 Å². The molecule has 0 spiro atoms. The minimum Gasteiger partial charge on any atom is -0.359 e. The lowest BCUT2D eigenvalue weighted by atomic mass is 10.0. The van der Waals surface area contributed by atoms with Crippen molar-refractivity contribution in [2.45, 2.75) is 44.9 Å². The van der Waals surface area contributed by atoms with Gasteiger partial charge in [-0.1, -0.05) is 19.6 Å². The molecule has 0 amide bonds. The van der Waals surface area contributed by atoms with Crippen molar-refractivity contribution in [3.05, 3.63) is 57.8 Å². The maximum absolute atomic E-state index is 13.5. The van der Waals surface area contributed by atoms with Crippen molar-refractivity contribution in [2.75, 3.05) is 6.61 Å². The molecule has 2 N–H and O–H groups in total. The Morgan fingerprint density at radius 2 is 1.86 bits per heavy atom. The molecular formula is C20H25BrF2N4OSi. The second kappa shape index (κ2) is 8.99. The van der Waals surface area contributed by atoms with Crippen molar-refractivity contribution < 1.29 is 13.5 Å². The molecule has 0 saturated heterocycles. The van der Waals surface area contributed by atoms with Gasteiger partial charge in [-0.25, -0.2) is 18.4 Å². The van der Waals surface area contributed by atoms with E-state index < -0.39 is 25.8 Å².